The molecule has 516 valence electrons. The Kier molecular flexibility index (Phi) is 22.3. The summed E-state index contributed by atoms with van der Waals surface area (Å²) in [5, 5.41) is 195. The Labute approximate surface area is 518 Å². The van der Waals surface area contributed by atoms with Crippen LogP contribution >= 0.6 is 0 Å². The fourth-order valence-corrected chi connectivity index (χ4v) is 17.2. The van der Waals surface area contributed by atoms with Gasteiger partial charge in [0.1, 0.15) is 116 Å². The second kappa shape index (κ2) is 27.6. The molecule has 9 rings (SSSR count). The van der Waals surface area contributed by atoms with Crippen LogP contribution in [0.15, 0.2) is 11.6 Å². The highest BCUT2D eigenvalue weighted by atomic mass is 16.8. The number of aliphatic hydroxyl groups excluding tert-OH is 17. The molecule has 0 radical (unpaired) electrons. The molecule has 0 aromatic carbocycles. The van der Waals surface area contributed by atoms with Crippen molar-refractivity contribution in [2.45, 2.75) is 298 Å². The Morgan fingerprint density at radius 3 is 1.53 bits per heavy atom. The topological polar surface area (TPSA) is 456 Å². The molecule has 0 spiro atoms. The first-order chi connectivity index (χ1) is 41.6. The van der Waals surface area contributed by atoms with Crippen LogP contribution in [0.1, 0.15) is 120 Å². The molecule has 0 aromatic rings. The van der Waals surface area contributed by atoms with E-state index in [-0.39, 0.29) is 47.3 Å². The minimum atomic E-state index is -1.87. The second-order valence-electron chi connectivity index (χ2n) is 28.9. The predicted octanol–water partition coefficient (Wildman–Crippen LogP) is -3.99. The van der Waals surface area contributed by atoms with Gasteiger partial charge in [0.2, 0.25) is 0 Å². The fourth-order valence-electron chi connectivity index (χ4n) is 17.2. The Balaban J connectivity index is 0.839. The lowest BCUT2D eigenvalue weighted by atomic mass is 9.38. The van der Waals surface area contributed by atoms with Crippen LogP contribution in [0.2, 0.25) is 0 Å². The minimum absolute atomic E-state index is 0.0419. The van der Waals surface area contributed by atoms with Gasteiger partial charge in [0.05, 0.1) is 56.4 Å². The quantitative estimate of drug-likeness (QED) is 0.0517. The lowest BCUT2D eigenvalue weighted by Gasteiger charge is -2.67. The molecule has 5 heterocycles. The highest BCUT2D eigenvalue weighted by molar-refractivity contribution is 5.32. The normalized spacial score (nSPS) is 51.8. The lowest BCUT2D eigenvalue weighted by molar-refractivity contribution is -0.374. The van der Waals surface area contributed by atoms with Crippen LogP contribution in [0.5, 0.6) is 0 Å². The zero-order valence-electron chi connectivity index (χ0n) is 52.4. The molecule has 89 heavy (non-hydrogen) atoms. The summed E-state index contributed by atoms with van der Waals surface area (Å²) in [5.74, 6) is 0.160. The van der Waals surface area contributed by atoms with E-state index in [1.54, 1.807) is 20.8 Å². The summed E-state index contributed by atoms with van der Waals surface area (Å²) >= 11 is 0. The van der Waals surface area contributed by atoms with Crippen LogP contribution in [0.3, 0.4) is 0 Å². The molecule has 18 N–H and O–H groups in total. The van der Waals surface area contributed by atoms with E-state index in [0.717, 1.165) is 18.4 Å². The standard InChI is InChI=1S/C61H104O28/c1-10-28-37(65)42(70)50(78)55(82-28)89-51-46(74)39(67)30(21-63)84-56(51)88-36(58(5,6)79)15-11-24(2)25-17-18-59(7)33-14-12-26-27(61(33,9)34(64)19-60(25,59)8)13-16-35(57(26,3)4)87-54-49(77)45(73)41(69)32(86-54)23-81-53-48(76)44(72)40(68)31(85-53)22-80-52-47(75)43(71)38(66)29(20-62)83-52/h12,24-25,27-56,62-79H,10-11,13-23H2,1-9H3/t24-,25?,27?,28+,29+,30-,31-,32-,33?,34-,35+,36-,37+,38+,39-,40-,41-,42-,43-,44+,45+,46+,47+,48-,49-,50+,51-,52?,53+,54+,55-,56+,59+,60-,61+/m1/s1. The molecule has 9 aliphatic rings. The van der Waals surface area contributed by atoms with Gasteiger partial charge in [-0.2, -0.15) is 0 Å². The van der Waals surface area contributed by atoms with Gasteiger partial charge in [-0.15, -0.1) is 0 Å². The van der Waals surface area contributed by atoms with Crippen LogP contribution < -0.4 is 0 Å². The van der Waals surface area contributed by atoms with E-state index >= 15 is 0 Å². The molecule has 0 bridgehead atoms. The Bertz CT molecular complexity index is 2350. The number of ether oxygens (including phenoxy) is 10. The fraction of sp³-hybridized carbons (Fsp3) is 0.967. The summed E-state index contributed by atoms with van der Waals surface area (Å²) in [7, 11) is 0. The van der Waals surface area contributed by atoms with E-state index in [1.165, 1.54) is 0 Å². The maximum atomic E-state index is 12.8. The van der Waals surface area contributed by atoms with Crippen molar-refractivity contribution in [3.8, 4) is 0 Å². The van der Waals surface area contributed by atoms with Gasteiger partial charge in [-0.1, -0.05) is 60.1 Å². The Morgan fingerprint density at radius 1 is 0.539 bits per heavy atom. The van der Waals surface area contributed by atoms with Crippen LogP contribution in [0, 0.1) is 45.3 Å². The first kappa shape index (κ1) is 71.9. The molecule has 4 unspecified atom stereocenters. The van der Waals surface area contributed by atoms with Gasteiger partial charge in [0.15, 0.2) is 31.5 Å². The molecule has 8 fully saturated rings. The monoisotopic (exact) mass is 1280 g/mol. The molecule has 5 saturated heterocycles. The highest BCUT2D eigenvalue weighted by Gasteiger charge is 2.70. The molecule has 0 aromatic heterocycles. The predicted molar refractivity (Wildman–Crippen MR) is 303 cm³/mol. The van der Waals surface area contributed by atoms with Gasteiger partial charge in [-0.3, -0.25) is 0 Å². The van der Waals surface area contributed by atoms with E-state index < -0.39 is 215 Å². The van der Waals surface area contributed by atoms with E-state index in [4.69, 9.17) is 47.4 Å². The van der Waals surface area contributed by atoms with Crippen molar-refractivity contribution < 1.29 is 139 Å². The third-order valence-electron chi connectivity index (χ3n) is 23.1. The molecule has 28 nitrogen and oxygen atoms in total. The molecule has 0 amide bonds. The van der Waals surface area contributed by atoms with E-state index in [9.17, 15) is 91.9 Å². The summed E-state index contributed by atoms with van der Waals surface area (Å²) in [6, 6.07) is 0. The Morgan fingerprint density at radius 2 is 1.00 bits per heavy atom. The maximum absolute atomic E-state index is 12.8. The Hall–Kier alpha value is -1.38. The van der Waals surface area contributed by atoms with Crippen molar-refractivity contribution in [3.63, 3.8) is 0 Å². The molecular weight excluding hydrogens is 1180 g/mol. The molecular formula is C61H104O28. The van der Waals surface area contributed by atoms with Gasteiger partial charge in [-0.25, -0.2) is 0 Å². The van der Waals surface area contributed by atoms with Crippen molar-refractivity contribution in [2.24, 2.45) is 45.3 Å². The van der Waals surface area contributed by atoms with Crippen molar-refractivity contribution in [1.29, 1.82) is 0 Å². The highest BCUT2D eigenvalue weighted by Crippen LogP contribution is 2.75. The van der Waals surface area contributed by atoms with Crippen LogP contribution in [0.4, 0.5) is 0 Å². The van der Waals surface area contributed by atoms with Crippen LogP contribution in [0.25, 0.3) is 0 Å². The van der Waals surface area contributed by atoms with Crippen LogP contribution in [-0.2, 0) is 47.4 Å². The molecule has 35 atom stereocenters. The van der Waals surface area contributed by atoms with E-state index in [2.05, 4.69) is 33.8 Å². The average Bonchev–Trinajstić information content (AvgIpc) is 1.66. The zero-order chi connectivity index (χ0) is 65.5. The number of allylic oxidation sites excluding steroid dienone is 1. The lowest BCUT2D eigenvalue weighted by Crippen LogP contribution is -2.65. The molecule has 28 heteroatoms. The van der Waals surface area contributed by atoms with Crippen molar-refractivity contribution in [3.05, 3.63) is 11.6 Å². The first-order valence-electron chi connectivity index (χ1n) is 31.9. The van der Waals surface area contributed by atoms with Gasteiger partial charge < -0.3 is 139 Å². The van der Waals surface area contributed by atoms with Crippen molar-refractivity contribution >= 4 is 0 Å². The van der Waals surface area contributed by atoms with E-state index in [1.807, 2.05) is 13.8 Å². The summed E-state index contributed by atoms with van der Waals surface area (Å²) in [6.07, 6.45) is -34.9. The largest absolute Gasteiger partial charge is 0.394 e. The van der Waals surface area contributed by atoms with Gasteiger partial charge in [-0.05, 0) is 106 Å². The summed E-state index contributed by atoms with van der Waals surface area (Å²) < 4.78 is 59.4. The number of hydrogen-bond acceptors (Lipinski definition) is 28. The van der Waals surface area contributed by atoms with E-state index in [0.29, 0.717) is 32.1 Å². The second-order valence-corrected chi connectivity index (χ2v) is 28.9. The third-order valence-corrected chi connectivity index (χ3v) is 23.1. The average molecular weight is 1290 g/mol. The van der Waals surface area contributed by atoms with Gasteiger partial charge in [0.25, 0.3) is 0 Å². The van der Waals surface area contributed by atoms with Crippen molar-refractivity contribution in [1.82, 2.24) is 0 Å². The summed E-state index contributed by atoms with van der Waals surface area (Å²) in [5.41, 5.74) is -2.26. The number of rotatable bonds is 20. The SMILES string of the molecule is CC[C@@H]1O[C@H](O[C@H]2[C@H](O[C@H](CC[C@@H](C)C3CC[C@@]4(C)C5CC=C6C(CC[C@H](O[C@@H]7O[C@H](CO[C@H]8O[C@H](COC9O[C@@H](CO)[C@H](O)[C@@H](O)[C@@H]9O)[C@@H](O)[C@H](O)[C@H]8O)[C@@H](O)[C@H](O)[C@H]7O)C6(C)C)[C@]5(C)[C@H](O)C[C@]34C)C(C)(C)O)O[C@H](CO)[C@@H](O)[C@@H]2O)[C@@H](O)[C@H](O)[C@H]1O. The summed E-state index contributed by atoms with van der Waals surface area (Å²) in [6.45, 7) is 15.3. The first-order valence-corrected chi connectivity index (χ1v) is 31.9. The number of aliphatic hydroxyl groups is 18. The smallest absolute Gasteiger partial charge is 0.187 e. The minimum Gasteiger partial charge on any atom is -0.394 e. The zero-order valence-corrected chi connectivity index (χ0v) is 52.4. The molecule has 4 aliphatic carbocycles. The van der Waals surface area contributed by atoms with Gasteiger partial charge >= 0.3 is 0 Å². The van der Waals surface area contributed by atoms with Crippen LogP contribution in [-0.4, -0.2) is 296 Å². The third kappa shape index (κ3) is 13.1. The summed E-state index contributed by atoms with van der Waals surface area (Å²) in [4.78, 5) is 0. The number of fused-ring (bicyclic) bond motifs is 5. The van der Waals surface area contributed by atoms with Crippen molar-refractivity contribution in [2.75, 3.05) is 26.4 Å². The van der Waals surface area contributed by atoms with Gasteiger partial charge in [0, 0.05) is 10.8 Å². The molecule has 5 aliphatic heterocycles. The molecule has 3 saturated carbocycles. The number of hydrogen-bond donors (Lipinski definition) is 18. The maximum Gasteiger partial charge on any atom is 0.187 e.